The number of carbonyl (C=O) groups excluding carboxylic acids is 2. The van der Waals surface area contributed by atoms with Gasteiger partial charge >= 0.3 is 5.97 Å². The van der Waals surface area contributed by atoms with Crippen LogP contribution in [0.2, 0.25) is 0 Å². The lowest BCUT2D eigenvalue weighted by Gasteiger charge is -2.12. The van der Waals surface area contributed by atoms with Gasteiger partial charge in [0.15, 0.2) is 12.7 Å². The molecule has 0 aliphatic carbocycles. The Labute approximate surface area is 147 Å². The molecular formula is C20H23NO4. The van der Waals surface area contributed by atoms with Gasteiger partial charge in [-0.2, -0.15) is 0 Å². The van der Waals surface area contributed by atoms with Crippen molar-refractivity contribution in [3.63, 3.8) is 0 Å². The van der Waals surface area contributed by atoms with Gasteiger partial charge in [0.05, 0.1) is 0 Å². The van der Waals surface area contributed by atoms with Crippen LogP contribution in [0.4, 0.5) is 5.69 Å². The van der Waals surface area contributed by atoms with Crippen molar-refractivity contribution in [3.8, 4) is 0 Å². The third kappa shape index (κ3) is 5.43. The fraction of sp³-hybridized carbons (Fsp3) is 0.300. The van der Waals surface area contributed by atoms with Gasteiger partial charge in [-0.05, 0) is 35.6 Å². The van der Waals surface area contributed by atoms with Crippen molar-refractivity contribution >= 4 is 17.6 Å². The summed E-state index contributed by atoms with van der Waals surface area (Å²) in [4.78, 5) is 23.7. The molecule has 5 nitrogen and oxygen atoms in total. The first kappa shape index (κ1) is 18.7. The lowest BCUT2D eigenvalue weighted by Crippen LogP contribution is -2.23. The Morgan fingerprint density at radius 2 is 1.68 bits per heavy atom. The molecule has 0 aliphatic rings. The topological polar surface area (TPSA) is 75.6 Å². The van der Waals surface area contributed by atoms with E-state index in [-0.39, 0.29) is 0 Å². The Bertz CT molecular complexity index is 697. The molecule has 0 fully saturated rings. The van der Waals surface area contributed by atoms with Crippen LogP contribution < -0.4 is 5.32 Å². The van der Waals surface area contributed by atoms with E-state index in [0.29, 0.717) is 17.2 Å². The molecule has 0 saturated carbocycles. The largest absolute Gasteiger partial charge is 0.453 e. The van der Waals surface area contributed by atoms with E-state index in [4.69, 9.17) is 4.74 Å². The zero-order valence-corrected chi connectivity index (χ0v) is 14.4. The van der Waals surface area contributed by atoms with Gasteiger partial charge in [-0.15, -0.1) is 0 Å². The molecule has 0 radical (unpaired) electrons. The highest BCUT2D eigenvalue weighted by molar-refractivity contribution is 5.93. The molecule has 25 heavy (non-hydrogen) atoms. The van der Waals surface area contributed by atoms with Gasteiger partial charge in [0.1, 0.15) is 0 Å². The first-order valence-electron chi connectivity index (χ1n) is 8.30. The second kappa shape index (κ2) is 8.99. The van der Waals surface area contributed by atoms with Crippen molar-refractivity contribution in [1.29, 1.82) is 0 Å². The Morgan fingerprint density at radius 3 is 2.28 bits per heavy atom. The number of benzene rings is 2. The predicted molar refractivity (Wildman–Crippen MR) is 96.1 cm³/mol. The van der Waals surface area contributed by atoms with E-state index in [2.05, 4.69) is 19.2 Å². The minimum Gasteiger partial charge on any atom is -0.453 e. The molecular weight excluding hydrogens is 318 g/mol. The highest BCUT2D eigenvalue weighted by Crippen LogP contribution is 2.20. The highest BCUT2D eigenvalue weighted by Gasteiger charge is 2.19. The highest BCUT2D eigenvalue weighted by atomic mass is 16.5. The maximum atomic E-state index is 11.9. The number of nitrogens with one attached hydrogen (secondary N) is 1. The molecule has 2 aromatic rings. The van der Waals surface area contributed by atoms with E-state index in [1.807, 2.05) is 24.3 Å². The standard InChI is InChI=1S/C20H23NO4/c1-3-14(2)15-9-11-17(12-10-15)21-18(22)13-25-20(24)19(23)16-7-5-4-6-8-16/h4-12,14,19,23H,3,13H2,1-2H3,(H,21,22)/t14-,19-/m1/s1. The quantitative estimate of drug-likeness (QED) is 0.757. The molecule has 0 aromatic heterocycles. The molecule has 0 bridgehead atoms. The smallest absolute Gasteiger partial charge is 0.340 e. The Kier molecular flexibility index (Phi) is 6.71. The molecule has 2 aromatic carbocycles. The summed E-state index contributed by atoms with van der Waals surface area (Å²) in [6.07, 6.45) is -0.352. The van der Waals surface area contributed by atoms with Crippen molar-refractivity contribution in [2.24, 2.45) is 0 Å². The third-order valence-corrected chi connectivity index (χ3v) is 4.06. The third-order valence-electron chi connectivity index (χ3n) is 4.06. The molecule has 1 amide bonds. The van der Waals surface area contributed by atoms with E-state index in [1.54, 1.807) is 30.3 Å². The average molecular weight is 341 g/mol. The number of carbonyl (C=O) groups is 2. The lowest BCUT2D eigenvalue weighted by atomic mass is 9.99. The van der Waals surface area contributed by atoms with Crippen molar-refractivity contribution in [1.82, 2.24) is 0 Å². The number of esters is 1. The van der Waals surface area contributed by atoms with Crippen LogP contribution in [0.25, 0.3) is 0 Å². The first-order chi connectivity index (χ1) is 12.0. The summed E-state index contributed by atoms with van der Waals surface area (Å²) in [5.74, 6) is -0.844. The summed E-state index contributed by atoms with van der Waals surface area (Å²) in [6, 6.07) is 16.0. The minimum atomic E-state index is -1.40. The van der Waals surface area contributed by atoms with E-state index < -0.39 is 24.6 Å². The predicted octanol–water partition coefficient (Wildman–Crippen LogP) is 3.42. The summed E-state index contributed by atoms with van der Waals surface area (Å²) >= 11 is 0. The summed E-state index contributed by atoms with van der Waals surface area (Å²) in [5, 5.41) is 12.6. The number of aliphatic hydroxyl groups is 1. The number of hydrogen-bond donors (Lipinski definition) is 2. The number of ether oxygens (including phenoxy) is 1. The maximum absolute atomic E-state index is 11.9. The van der Waals surface area contributed by atoms with Crippen LogP contribution in [0.5, 0.6) is 0 Å². The molecule has 0 aliphatic heterocycles. The van der Waals surface area contributed by atoms with Crippen LogP contribution in [0, 0.1) is 0 Å². The molecule has 0 unspecified atom stereocenters. The molecule has 2 N–H and O–H groups in total. The number of amides is 1. The normalized spacial score (nSPS) is 12.9. The van der Waals surface area contributed by atoms with Crippen LogP contribution in [0.1, 0.15) is 43.4 Å². The van der Waals surface area contributed by atoms with Crippen molar-refractivity contribution in [2.75, 3.05) is 11.9 Å². The second-order valence-electron chi connectivity index (χ2n) is 5.90. The molecule has 0 saturated heterocycles. The number of hydrogen-bond acceptors (Lipinski definition) is 4. The molecule has 0 heterocycles. The number of anilines is 1. The molecule has 0 spiro atoms. The van der Waals surface area contributed by atoms with Crippen molar-refractivity contribution in [2.45, 2.75) is 32.3 Å². The van der Waals surface area contributed by atoms with Gasteiger partial charge in [-0.1, -0.05) is 56.3 Å². The second-order valence-corrected chi connectivity index (χ2v) is 5.90. The maximum Gasteiger partial charge on any atom is 0.340 e. The van der Waals surface area contributed by atoms with E-state index in [0.717, 1.165) is 6.42 Å². The van der Waals surface area contributed by atoms with Gasteiger partial charge in [0.2, 0.25) is 0 Å². The van der Waals surface area contributed by atoms with Gasteiger partial charge in [0, 0.05) is 5.69 Å². The lowest BCUT2D eigenvalue weighted by molar-refractivity contribution is -0.156. The monoisotopic (exact) mass is 341 g/mol. The fourth-order valence-electron chi connectivity index (χ4n) is 2.31. The van der Waals surface area contributed by atoms with Crippen LogP contribution >= 0.6 is 0 Å². The SMILES string of the molecule is CC[C@@H](C)c1ccc(NC(=O)COC(=O)[C@H](O)c2ccccc2)cc1. The van der Waals surface area contributed by atoms with Gasteiger partial charge in [0.25, 0.3) is 5.91 Å². The fourth-order valence-corrected chi connectivity index (χ4v) is 2.31. The first-order valence-corrected chi connectivity index (χ1v) is 8.30. The summed E-state index contributed by atoms with van der Waals surface area (Å²) < 4.78 is 4.87. The molecule has 2 rings (SSSR count). The van der Waals surface area contributed by atoms with E-state index in [1.165, 1.54) is 5.56 Å². The van der Waals surface area contributed by atoms with Crippen molar-refractivity contribution < 1.29 is 19.4 Å². The molecule has 5 heteroatoms. The van der Waals surface area contributed by atoms with E-state index in [9.17, 15) is 14.7 Å². The average Bonchev–Trinajstić information content (AvgIpc) is 2.66. The van der Waals surface area contributed by atoms with Crippen LogP contribution in [-0.4, -0.2) is 23.6 Å². The van der Waals surface area contributed by atoms with Crippen LogP contribution in [0.15, 0.2) is 54.6 Å². The van der Waals surface area contributed by atoms with Crippen LogP contribution in [-0.2, 0) is 14.3 Å². The Morgan fingerprint density at radius 1 is 1.04 bits per heavy atom. The van der Waals surface area contributed by atoms with E-state index >= 15 is 0 Å². The molecule has 132 valence electrons. The zero-order valence-electron chi connectivity index (χ0n) is 14.4. The Balaban J connectivity index is 1.83. The minimum absolute atomic E-state index is 0.425. The van der Waals surface area contributed by atoms with Crippen LogP contribution in [0.3, 0.4) is 0 Å². The summed E-state index contributed by atoms with van der Waals surface area (Å²) in [7, 11) is 0. The van der Waals surface area contributed by atoms with Gasteiger partial charge in [-0.25, -0.2) is 4.79 Å². The molecule has 2 atom stereocenters. The Hall–Kier alpha value is -2.66. The zero-order chi connectivity index (χ0) is 18.2. The van der Waals surface area contributed by atoms with Gasteiger partial charge in [-0.3, -0.25) is 4.79 Å². The van der Waals surface area contributed by atoms with Gasteiger partial charge < -0.3 is 15.2 Å². The number of aliphatic hydroxyl groups excluding tert-OH is 1. The van der Waals surface area contributed by atoms with Crippen molar-refractivity contribution in [3.05, 3.63) is 65.7 Å². The summed E-state index contributed by atoms with van der Waals surface area (Å²) in [6.45, 7) is 3.82. The summed E-state index contributed by atoms with van der Waals surface area (Å²) in [5.41, 5.74) is 2.27. The number of rotatable bonds is 7.